The molecule has 1 N–H and O–H groups in total. The Labute approximate surface area is 108 Å². The van der Waals surface area contributed by atoms with Crippen LogP contribution >= 0.6 is 12.2 Å². The number of alkyl halides is 3. The average molecular weight is 280 g/mol. The second-order valence-corrected chi connectivity index (χ2v) is 4.25. The highest BCUT2D eigenvalue weighted by Crippen LogP contribution is 2.14. The predicted molar refractivity (Wildman–Crippen MR) is 64.1 cm³/mol. The van der Waals surface area contributed by atoms with Crippen LogP contribution in [0.4, 0.5) is 13.2 Å². The molecule has 3 nitrogen and oxygen atoms in total. The maximum atomic E-state index is 11.9. The van der Waals surface area contributed by atoms with Gasteiger partial charge in [-0.15, -0.1) is 0 Å². The highest BCUT2D eigenvalue weighted by molar-refractivity contribution is 7.71. The summed E-state index contributed by atoms with van der Waals surface area (Å²) in [5.41, 5.74) is 1.87. The van der Waals surface area contributed by atoms with Gasteiger partial charge in [0.2, 0.25) is 0 Å². The van der Waals surface area contributed by atoms with Crippen molar-refractivity contribution in [2.75, 3.05) is 13.2 Å². The second kappa shape index (κ2) is 6.29. The third-order valence-corrected chi connectivity index (χ3v) is 2.81. The van der Waals surface area contributed by atoms with E-state index in [-0.39, 0.29) is 13.0 Å². The summed E-state index contributed by atoms with van der Waals surface area (Å²) in [6.45, 7) is 2.57. The van der Waals surface area contributed by atoms with E-state index in [0.29, 0.717) is 10.5 Å². The Hall–Kier alpha value is -0.950. The molecule has 18 heavy (non-hydrogen) atoms. The van der Waals surface area contributed by atoms with Crippen LogP contribution in [-0.4, -0.2) is 29.4 Å². The Morgan fingerprint density at radius 2 is 2.06 bits per heavy atom. The summed E-state index contributed by atoms with van der Waals surface area (Å²) in [5.74, 6) is 0.560. The first-order valence-electron chi connectivity index (χ1n) is 5.56. The molecule has 0 aliphatic heterocycles. The molecule has 0 atom stereocenters. The quantitative estimate of drug-likeness (QED) is 0.665. The SMILES string of the molecule is CCc1[nH]c(CCOCC(F)(F)F)nc(=S)c1C. The van der Waals surface area contributed by atoms with E-state index in [2.05, 4.69) is 14.7 Å². The molecule has 0 radical (unpaired) electrons. The van der Waals surface area contributed by atoms with E-state index in [9.17, 15) is 13.2 Å². The Morgan fingerprint density at radius 3 is 2.61 bits per heavy atom. The van der Waals surface area contributed by atoms with E-state index in [1.165, 1.54) is 0 Å². The molecule has 1 heterocycles. The zero-order valence-corrected chi connectivity index (χ0v) is 11.0. The number of H-pyrrole nitrogens is 1. The predicted octanol–water partition coefficient (Wildman–Crippen LogP) is 3.13. The molecule has 0 spiro atoms. The molecule has 7 heteroatoms. The van der Waals surface area contributed by atoms with Crippen LogP contribution in [0.5, 0.6) is 0 Å². The normalized spacial score (nSPS) is 11.8. The third kappa shape index (κ3) is 4.73. The van der Waals surface area contributed by atoms with E-state index < -0.39 is 12.8 Å². The third-order valence-electron chi connectivity index (χ3n) is 2.41. The minimum Gasteiger partial charge on any atom is -0.372 e. The zero-order chi connectivity index (χ0) is 13.8. The topological polar surface area (TPSA) is 37.9 Å². The number of aromatic amines is 1. The van der Waals surface area contributed by atoms with E-state index in [0.717, 1.165) is 17.7 Å². The Kier molecular flexibility index (Phi) is 5.28. The number of nitrogens with one attached hydrogen (secondary N) is 1. The van der Waals surface area contributed by atoms with Crippen molar-refractivity contribution in [1.29, 1.82) is 0 Å². The van der Waals surface area contributed by atoms with Crippen LogP contribution in [0, 0.1) is 11.6 Å². The van der Waals surface area contributed by atoms with Gasteiger partial charge in [-0.3, -0.25) is 0 Å². The summed E-state index contributed by atoms with van der Waals surface area (Å²) in [6, 6.07) is 0. The maximum Gasteiger partial charge on any atom is 0.411 e. The lowest BCUT2D eigenvalue weighted by atomic mass is 10.2. The van der Waals surface area contributed by atoms with Gasteiger partial charge in [-0.25, -0.2) is 4.98 Å². The Morgan fingerprint density at radius 1 is 1.39 bits per heavy atom. The van der Waals surface area contributed by atoms with Crippen LogP contribution < -0.4 is 0 Å². The summed E-state index contributed by atoms with van der Waals surface area (Å²) in [4.78, 5) is 7.18. The highest BCUT2D eigenvalue weighted by Gasteiger charge is 2.27. The number of ether oxygens (including phenoxy) is 1. The van der Waals surface area contributed by atoms with Gasteiger partial charge in [-0.2, -0.15) is 13.2 Å². The lowest BCUT2D eigenvalue weighted by Gasteiger charge is -2.09. The summed E-state index contributed by atoms with van der Waals surface area (Å²) in [6.07, 6.45) is -3.23. The molecule has 0 saturated heterocycles. The van der Waals surface area contributed by atoms with Crippen LogP contribution in [0.3, 0.4) is 0 Å². The van der Waals surface area contributed by atoms with Crippen LogP contribution in [-0.2, 0) is 17.6 Å². The van der Waals surface area contributed by atoms with Gasteiger partial charge in [0.05, 0.1) is 6.61 Å². The van der Waals surface area contributed by atoms with E-state index >= 15 is 0 Å². The van der Waals surface area contributed by atoms with Crippen molar-refractivity contribution in [2.24, 2.45) is 0 Å². The monoisotopic (exact) mass is 280 g/mol. The molecule has 1 rings (SSSR count). The summed E-state index contributed by atoms with van der Waals surface area (Å²) < 4.78 is 40.6. The van der Waals surface area contributed by atoms with Gasteiger partial charge in [0, 0.05) is 17.7 Å². The molecular formula is C11H15F3N2OS. The molecule has 0 aromatic carbocycles. The van der Waals surface area contributed by atoms with E-state index in [1.807, 2.05) is 13.8 Å². The number of rotatable bonds is 5. The minimum atomic E-state index is -4.29. The van der Waals surface area contributed by atoms with E-state index in [1.54, 1.807) is 0 Å². The Bertz CT molecular complexity index is 457. The smallest absolute Gasteiger partial charge is 0.372 e. The fourth-order valence-electron chi connectivity index (χ4n) is 1.46. The first-order valence-corrected chi connectivity index (χ1v) is 5.97. The number of hydrogen-bond acceptors (Lipinski definition) is 3. The van der Waals surface area contributed by atoms with Crippen molar-refractivity contribution in [3.05, 3.63) is 21.7 Å². The van der Waals surface area contributed by atoms with Crippen LogP contribution in [0.25, 0.3) is 0 Å². The zero-order valence-electron chi connectivity index (χ0n) is 10.2. The van der Waals surface area contributed by atoms with Crippen LogP contribution in [0.1, 0.15) is 24.0 Å². The second-order valence-electron chi connectivity index (χ2n) is 3.86. The van der Waals surface area contributed by atoms with Crippen molar-refractivity contribution in [1.82, 2.24) is 9.97 Å². The molecule has 0 amide bonds. The van der Waals surface area contributed by atoms with Gasteiger partial charge < -0.3 is 9.72 Å². The Balaban J connectivity index is 2.58. The first kappa shape index (κ1) is 15.1. The summed E-state index contributed by atoms with van der Waals surface area (Å²) >= 11 is 5.08. The number of nitrogens with zero attached hydrogens (tertiary/aromatic N) is 1. The van der Waals surface area contributed by atoms with Crippen molar-refractivity contribution in [3.8, 4) is 0 Å². The first-order chi connectivity index (χ1) is 8.33. The van der Waals surface area contributed by atoms with Crippen molar-refractivity contribution in [2.45, 2.75) is 32.9 Å². The molecule has 0 aliphatic carbocycles. The number of hydrogen-bond donors (Lipinski definition) is 1. The largest absolute Gasteiger partial charge is 0.411 e. The van der Waals surface area contributed by atoms with Gasteiger partial charge in [0.15, 0.2) is 0 Å². The van der Waals surface area contributed by atoms with Crippen molar-refractivity contribution >= 4 is 12.2 Å². The molecule has 0 bridgehead atoms. The van der Waals surface area contributed by atoms with Gasteiger partial charge >= 0.3 is 6.18 Å². The lowest BCUT2D eigenvalue weighted by molar-refractivity contribution is -0.173. The van der Waals surface area contributed by atoms with Crippen molar-refractivity contribution < 1.29 is 17.9 Å². The number of aromatic nitrogens is 2. The summed E-state index contributed by atoms with van der Waals surface area (Å²) in [5, 5.41) is 0. The molecular weight excluding hydrogens is 265 g/mol. The van der Waals surface area contributed by atoms with E-state index in [4.69, 9.17) is 12.2 Å². The fraction of sp³-hybridized carbons (Fsp3) is 0.636. The molecule has 0 saturated carbocycles. The average Bonchev–Trinajstić information content (AvgIpc) is 2.27. The number of aryl methyl sites for hydroxylation is 1. The molecule has 0 aliphatic rings. The number of halogens is 3. The van der Waals surface area contributed by atoms with Crippen LogP contribution in [0.15, 0.2) is 0 Å². The molecule has 0 fully saturated rings. The minimum absolute atomic E-state index is 0.0377. The van der Waals surface area contributed by atoms with Crippen LogP contribution in [0.2, 0.25) is 0 Å². The van der Waals surface area contributed by atoms with Gasteiger partial charge in [-0.1, -0.05) is 19.1 Å². The highest BCUT2D eigenvalue weighted by atomic mass is 32.1. The van der Waals surface area contributed by atoms with Gasteiger partial charge in [-0.05, 0) is 13.3 Å². The molecule has 1 aromatic heterocycles. The standard InChI is InChI=1S/C11H15F3N2OS/c1-3-8-7(2)10(18)16-9(15-8)4-5-17-6-11(12,13)14/h3-6H2,1-2H3,(H,15,16,18). The van der Waals surface area contributed by atoms with Crippen molar-refractivity contribution in [3.63, 3.8) is 0 Å². The fourth-order valence-corrected chi connectivity index (χ4v) is 1.69. The lowest BCUT2D eigenvalue weighted by Crippen LogP contribution is -2.18. The van der Waals surface area contributed by atoms with Gasteiger partial charge in [0.1, 0.15) is 17.1 Å². The summed E-state index contributed by atoms with van der Waals surface area (Å²) in [7, 11) is 0. The van der Waals surface area contributed by atoms with Gasteiger partial charge in [0.25, 0.3) is 0 Å². The maximum absolute atomic E-state index is 11.9. The molecule has 1 aromatic rings. The molecule has 102 valence electrons. The molecule has 0 unspecified atom stereocenters.